The van der Waals surface area contributed by atoms with Crippen LogP contribution in [0, 0.1) is 21.4 Å². The van der Waals surface area contributed by atoms with Crippen molar-refractivity contribution in [1.82, 2.24) is 5.32 Å². The SMILES string of the molecule is CC(=O)C1=C(C)NC(SCC(=O)Nc2c(Br)cc([N+](=O)[O-])cc2Br)=C(C#N)[C@H]1c1ccco1. The minimum atomic E-state index is -0.674. The van der Waals surface area contributed by atoms with Crippen LogP contribution in [0.5, 0.6) is 0 Å². The number of amides is 1. The van der Waals surface area contributed by atoms with Crippen molar-refractivity contribution in [3.05, 3.63) is 77.2 Å². The number of nitrogens with zero attached hydrogens (tertiary/aromatic N) is 2. The van der Waals surface area contributed by atoms with E-state index >= 15 is 0 Å². The van der Waals surface area contributed by atoms with Crippen LogP contribution in [-0.4, -0.2) is 22.4 Å². The van der Waals surface area contributed by atoms with E-state index in [2.05, 4.69) is 48.6 Å². The van der Waals surface area contributed by atoms with Gasteiger partial charge >= 0.3 is 0 Å². The fourth-order valence-electron chi connectivity index (χ4n) is 3.33. The molecule has 0 unspecified atom stereocenters. The van der Waals surface area contributed by atoms with Crippen molar-refractivity contribution in [2.75, 3.05) is 11.1 Å². The Kier molecular flexibility index (Phi) is 7.78. The Morgan fingerprint density at radius 2 is 2.03 bits per heavy atom. The standard InChI is InChI=1S/C21H16Br2N4O5S/c1-10-18(11(2)28)19(16-4-3-5-32-16)13(8-24)21(25-10)33-9-17(29)26-20-14(22)6-12(27(30)31)7-15(20)23/h3-7,19,25H,9H2,1-2H3,(H,26,29)/t19-/m0/s1. The van der Waals surface area contributed by atoms with Crippen molar-refractivity contribution in [3.63, 3.8) is 0 Å². The third kappa shape index (κ3) is 5.38. The molecule has 3 rings (SSSR count). The maximum Gasteiger partial charge on any atom is 0.271 e. The number of dihydropyridines is 1. The largest absolute Gasteiger partial charge is 0.468 e. The zero-order valence-electron chi connectivity index (χ0n) is 17.3. The van der Waals surface area contributed by atoms with Crippen LogP contribution < -0.4 is 10.6 Å². The molecule has 9 nitrogen and oxygen atoms in total. The summed E-state index contributed by atoms with van der Waals surface area (Å²) in [6, 6.07) is 8.10. The average Bonchev–Trinajstić information content (AvgIpc) is 3.28. The van der Waals surface area contributed by atoms with Gasteiger partial charge in [-0.15, -0.1) is 0 Å². The summed E-state index contributed by atoms with van der Waals surface area (Å²) in [6.07, 6.45) is 1.47. The Balaban J connectivity index is 1.82. The predicted octanol–water partition coefficient (Wildman–Crippen LogP) is 5.37. The highest BCUT2D eigenvalue weighted by atomic mass is 79.9. The number of ketones is 1. The number of carbonyl (C=O) groups excluding carboxylic acids is 2. The summed E-state index contributed by atoms with van der Waals surface area (Å²) in [5.74, 6) is -0.859. The number of Topliss-reactive ketones (excluding diaryl/α,β-unsaturated/α-hetero) is 1. The first-order valence-electron chi connectivity index (χ1n) is 9.36. The van der Waals surface area contributed by atoms with Gasteiger partial charge in [0.05, 0.1) is 45.2 Å². The van der Waals surface area contributed by atoms with Gasteiger partial charge in [-0.25, -0.2) is 0 Å². The molecule has 0 fully saturated rings. The first kappa shape index (κ1) is 24.8. The number of hydrogen-bond donors (Lipinski definition) is 2. The summed E-state index contributed by atoms with van der Waals surface area (Å²) in [5, 5.41) is 27.0. The molecule has 0 aliphatic carbocycles. The molecule has 33 heavy (non-hydrogen) atoms. The van der Waals surface area contributed by atoms with Gasteiger partial charge in [-0.3, -0.25) is 19.7 Å². The molecule has 1 aromatic carbocycles. The number of anilines is 1. The molecular formula is C21H16Br2N4O5S. The lowest BCUT2D eigenvalue weighted by Crippen LogP contribution is -2.27. The Labute approximate surface area is 209 Å². The number of nitro groups is 1. The third-order valence-electron chi connectivity index (χ3n) is 4.70. The molecule has 1 aromatic heterocycles. The maximum absolute atomic E-state index is 12.6. The van der Waals surface area contributed by atoms with Crippen LogP contribution in [0.3, 0.4) is 0 Å². The average molecular weight is 596 g/mol. The molecule has 1 amide bonds. The topological polar surface area (TPSA) is 138 Å². The highest BCUT2D eigenvalue weighted by Crippen LogP contribution is 2.41. The number of rotatable bonds is 7. The number of non-ortho nitro benzene ring substituents is 1. The fourth-order valence-corrected chi connectivity index (χ4v) is 5.58. The first-order chi connectivity index (χ1) is 15.6. The summed E-state index contributed by atoms with van der Waals surface area (Å²) >= 11 is 7.57. The van der Waals surface area contributed by atoms with Gasteiger partial charge in [0.2, 0.25) is 5.91 Å². The quantitative estimate of drug-likeness (QED) is 0.322. The van der Waals surface area contributed by atoms with Crippen molar-refractivity contribution in [2.24, 2.45) is 0 Å². The minimum absolute atomic E-state index is 0.0586. The molecule has 0 bridgehead atoms. The number of nitrogens with one attached hydrogen (secondary N) is 2. The monoisotopic (exact) mass is 594 g/mol. The van der Waals surface area contributed by atoms with E-state index in [1.165, 1.54) is 25.3 Å². The molecule has 170 valence electrons. The maximum atomic E-state index is 12.6. The van der Waals surface area contributed by atoms with Crippen LogP contribution in [0.2, 0.25) is 0 Å². The number of halogens is 2. The van der Waals surface area contributed by atoms with E-state index in [0.29, 0.717) is 36.7 Å². The van der Waals surface area contributed by atoms with Crippen LogP contribution in [0.1, 0.15) is 25.5 Å². The van der Waals surface area contributed by atoms with Crippen molar-refractivity contribution in [3.8, 4) is 6.07 Å². The summed E-state index contributed by atoms with van der Waals surface area (Å²) in [7, 11) is 0. The third-order valence-corrected chi connectivity index (χ3v) is 6.97. The van der Waals surface area contributed by atoms with Gasteiger partial charge in [0.1, 0.15) is 5.76 Å². The Morgan fingerprint density at radius 3 is 2.55 bits per heavy atom. The lowest BCUT2D eigenvalue weighted by atomic mass is 9.84. The smallest absolute Gasteiger partial charge is 0.271 e. The van der Waals surface area contributed by atoms with E-state index in [1.54, 1.807) is 19.1 Å². The number of hydrogen-bond acceptors (Lipinski definition) is 8. The van der Waals surface area contributed by atoms with E-state index < -0.39 is 16.7 Å². The molecule has 0 saturated heterocycles. The van der Waals surface area contributed by atoms with E-state index in [4.69, 9.17) is 4.42 Å². The van der Waals surface area contributed by atoms with Crippen molar-refractivity contribution >= 4 is 66.7 Å². The van der Waals surface area contributed by atoms with E-state index in [9.17, 15) is 25.0 Å². The molecule has 2 aromatic rings. The molecule has 1 atom stereocenters. The lowest BCUT2D eigenvalue weighted by molar-refractivity contribution is -0.385. The molecule has 12 heteroatoms. The molecule has 2 heterocycles. The van der Waals surface area contributed by atoms with Crippen molar-refractivity contribution < 1.29 is 18.9 Å². The first-order valence-corrected chi connectivity index (χ1v) is 11.9. The van der Waals surface area contributed by atoms with Crippen molar-refractivity contribution in [1.29, 1.82) is 5.26 Å². The number of nitro benzene ring substituents is 1. The second-order valence-electron chi connectivity index (χ2n) is 6.90. The Bertz CT molecular complexity index is 1220. The number of carbonyl (C=O) groups is 2. The molecule has 1 aliphatic heterocycles. The zero-order chi connectivity index (χ0) is 24.3. The van der Waals surface area contributed by atoms with Gasteiger partial charge < -0.3 is 15.1 Å². The Hall–Kier alpha value is -2.88. The number of thioether (sulfide) groups is 1. The molecule has 2 N–H and O–H groups in total. The Morgan fingerprint density at radius 1 is 1.36 bits per heavy atom. The van der Waals surface area contributed by atoms with Crippen LogP contribution in [0.4, 0.5) is 11.4 Å². The summed E-state index contributed by atoms with van der Waals surface area (Å²) in [5.41, 5.74) is 1.49. The molecule has 0 saturated carbocycles. The second-order valence-corrected chi connectivity index (χ2v) is 9.60. The fraction of sp³-hybridized carbons (Fsp3) is 0.190. The van der Waals surface area contributed by atoms with Gasteiger partial charge in [-0.05, 0) is 57.8 Å². The van der Waals surface area contributed by atoms with Crippen LogP contribution in [0.25, 0.3) is 0 Å². The zero-order valence-corrected chi connectivity index (χ0v) is 21.3. The summed E-state index contributed by atoms with van der Waals surface area (Å²) in [6.45, 7) is 3.16. The number of benzene rings is 1. The van der Waals surface area contributed by atoms with Gasteiger partial charge in [0, 0.05) is 32.3 Å². The van der Waals surface area contributed by atoms with Crippen LogP contribution in [0.15, 0.2) is 65.8 Å². The van der Waals surface area contributed by atoms with Crippen LogP contribution in [-0.2, 0) is 9.59 Å². The highest BCUT2D eigenvalue weighted by molar-refractivity contribution is 9.11. The van der Waals surface area contributed by atoms with E-state index in [0.717, 1.165) is 11.8 Å². The number of furan rings is 1. The minimum Gasteiger partial charge on any atom is -0.468 e. The molecule has 0 radical (unpaired) electrons. The number of allylic oxidation sites excluding steroid dienone is 3. The van der Waals surface area contributed by atoms with Gasteiger partial charge in [-0.2, -0.15) is 5.26 Å². The van der Waals surface area contributed by atoms with Gasteiger partial charge in [0.15, 0.2) is 5.78 Å². The summed E-state index contributed by atoms with van der Waals surface area (Å²) in [4.78, 5) is 35.3. The molecular weight excluding hydrogens is 580 g/mol. The number of nitriles is 1. The van der Waals surface area contributed by atoms with Gasteiger partial charge in [0.25, 0.3) is 5.69 Å². The predicted molar refractivity (Wildman–Crippen MR) is 130 cm³/mol. The molecule has 0 spiro atoms. The van der Waals surface area contributed by atoms with E-state index in [1.807, 2.05) is 0 Å². The van der Waals surface area contributed by atoms with Gasteiger partial charge in [-0.1, -0.05) is 11.8 Å². The van der Waals surface area contributed by atoms with Crippen molar-refractivity contribution in [2.45, 2.75) is 19.8 Å². The van der Waals surface area contributed by atoms with Crippen LogP contribution >= 0.6 is 43.6 Å². The molecule has 1 aliphatic rings. The normalized spacial score (nSPS) is 15.7. The lowest BCUT2D eigenvalue weighted by Gasteiger charge is -2.27. The highest BCUT2D eigenvalue weighted by Gasteiger charge is 2.35. The van der Waals surface area contributed by atoms with E-state index in [-0.39, 0.29) is 22.8 Å². The second kappa shape index (κ2) is 10.4. The summed E-state index contributed by atoms with van der Waals surface area (Å²) < 4.78 is 6.18.